The number of nitrogens with one attached hydrogen (secondary N) is 1. The van der Waals surface area contributed by atoms with Crippen LogP contribution >= 0.6 is 11.6 Å². The van der Waals surface area contributed by atoms with Gasteiger partial charge >= 0.3 is 0 Å². The summed E-state index contributed by atoms with van der Waals surface area (Å²) >= 11 is 5.95. The minimum absolute atomic E-state index is 0.0120. The molecule has 1 N–H and O–H groups in total. The molecule has 9 heteroatoms. The highest BCUT2D eigenvalue weighted by molar-refractivity contribution is 7.92. The molecule has 5 nitrogen and oxygen atoms in total. The fourth-order valence-electron chi connectivity index (χ4n) is 1.83. The summed E-state index contributed by atoms with van der Waals surface area (Å²) in [6.07, 6.45) is 0. The van der Waals surface area contributed by atoms with Gasteiger partial charge in [-0.25, -0.2) is 17.2 Å². The summed E-state index contributed by atoms with van der Waals surface area (Å²) in [5, 5.41) is 0.130. The smallest absolute Gasteiger partial charge is 0.264 e. The second-order valence-electron chi connectivity index (χ2n) is 4.37. The third-order valence-electron chi connectivity index (χ3n) is 2.90. The van der Waals surface area contributed by atoms with E-state index in [4.69, 9.17) is 21.1 Å². The summed E-state index contributed by atoms with van der Waals surface area (Å²) in [6, 6.07) is 4.78. The molecule has 2 aromatic rings. The Bertz CT molecular complexity index is 843. The molecule has 23 heavy (non-hydrogen) atoms. The highest BCUT2D eigenvalue weighted by Gasteiger charge is 2.22. The first kappa shape index (κ1) is 17.3. The van der Waals surface area contributed by atoms with Crippen LogP contribution in [-0.2, 0) is 10.0 Å². The number of ether oxygens (including phenoxy) is 2. The van der Waals surface area contributed by atoms with Gasteiger partial charge in [-0.15, -0.1) is 0 Å². The number of benzene rings is 2. The van der Waals surface area contributed by atoms with Gasteiger partial charge in [-0.3, -0.25) is 4.72 Å². The summed E-state index contributed by atoms with van der Waals surface area (Å²) < 4.78 is 63.3. The zero-order valence-corrected chi connectivity index (χ0v) is 13.6. The number of anilines is 1. The molecule has 0 saturated carbocycles. The van der Waals surface area contributed by atoms with E-state index < -0.39 is 26.6 Å². The third-order valence-corrected chi connectivity index (χ3v) is 4.60. The average Bonchev–Trinajstić information content (AvgIpc) is 2.46. The van der Waals surface area contributed by atoms with Crippen molar-refractivity contribution in [2.45, 2.75) is 4.90 Å². The molecular weight excluding hydrogens is 352 g/mol. The number of methoxy groups -OCH3 is 2. The highest BCUT2D eigenvalue weighted by atomic mass is 35.5. The molecule has 124 valence electrons. The molecule has 0 aromatic heterocycles. The fraction of sp³-hybridized carbons (Fsp3) is 0.143. The van der Waals surface area contributed by atoms with Gasteiger partial charge in [0.1, 0.15) is 28.0 Å². The lowest BCUT2D eigenvalue weighted by Gasteiger charge is -2.14. The zero-order valence-electron chi connectivity index (χ0n) is 12.1. The average molecular weight is 364 g/mol. The molecule has 0 atom stereocenters. The minimum Gasteiger partial charge on any atom is -0.495 e. The fourth-order valence-corrected chi connectivity index (χ4v) is 3.20. The molecule has 0 fully saturated rings. The highest BCUT2D eigenvalue weighted by Crippen LogP contribution is 2.37. The monoisotopic (exact) mass is 363 g/mol. The van der Waals surface area contributed by atoms with Crippen LogP contribution in [0.25, 0.3) is 0 Å². The summed E-state index contributed by atoms with van der Waals surface area (Å²) in [6.45, 7) is 0. The summed E-state index contributed by atoms with van der Waals surface area (Å²) in [4.78, 5) is -0.701. The Morgan fingerprint density at radius 3 is 2.26 bits per heavy atom. The SMILES string of the molecule is COc1cc(OC)c(NS(=O)(=O)c2ccc(F)cc2F)cc1Cl. The Labute approximate surface area is 136 Å². The van der Waals surface area contributed by atoms with E-state index in [1.54, 1.807) is 0 Å². The van der Waals surface area contributed by atoms with Crippen LogP contribution < -0.4 is 14.2 Å². The molecule has 2 aromatic carbocycles. The quantitative estimate of drug-likeness (QED) is 0.883. The van der Waals surface area contributed by atoms with Crippen LogP contribution in [0.5, 0.6) is 11.5 Å². The second-order valence-corrected chi connectivity index (χ2v) is 6.43. The van der Waals surface area contributed by atoms with Crippen molar-refractivity contribution >= 4 is 27.3 Å². The second kappa shape index (κ2) is 6.59. The summed E-state index contributed by atoms with van der Waals surface area (Å²) in [7, 11) is -1.60. The molecule has 0 aliphatic carbocycles. The maximum absolute atomic E-state index is 13.7. The van der Waals surface area contributed by atoms with Crippen molar-refractivity contribution < 1.29 is 26.7 Å². The van der Waals surface area contributed by atoms with E-state index >= 15 is 0 Å². The van der Waals surface area contributed by atoms with Crippen LogP contribution in [0.1, 0.15) is 0 Å². The van der Waals surface area contributed by atoms with Crippen molar-refractivity contribution in [2.24, 2.45) is 0 Å². The predicted octanol–water partition coefficient (Wildman–Crippen LogP) is 3.44. The Kier molecular flexibility index (Phi) is 4.96. The molecule has 0 heterocycles. The Balaban J connectivity index is 2.46. The van der Waals surface area contributed by atoms with Gasteiger partial charge in [0.2, 0.25) is 0 Å². The lowest BCUT2D eigenvalue weighted by Crippen LogP contribution is -2.15. The van der Waals surface area contributed by atoms with Gasteiger partial charge in [-0.1, -0.05) is 11.6 Å². The van der Waals surface area contributed by atoms with Gasteiger partial charge in [0.25, 0.3) is 10.0 Å². The van der Waals surface area contributed by atoms with Crippen LogP contribution in [0.4, 0.5) is 14.5 Å². The Morgan fingerprint density at radius 2 is 1.70 bits per heavy atom. The van der Waals surface area contributed by atoms with Gasteiger partial charge in [0.15, 0.2) is 0 Å². The molecule has 0 aliphatic rings. The largest absolute Gasteiger partial charge is 0.495 e. The lowest BCUT2D eigenvalue weighted by atomic mass is 10.3. The van der Waals surface area contributed by atoms with Gasteiger partial charge in [0.05, 0.1) is 24.9 Å². The molecule has 0 amide bonds. The van der Waals surface area contributed by atoms with Gasteiger partial charge in [0, 0.05) is 12.1 Å². The van der Waals surface area contributed by atoms with Crippen LogP contribution in [0.3, 0.4) is 0 Å². The molecule has 0 spiro atoms. The third kappa shape index (κ3) is 3.65. The van der Waals surface area contributed by atoms with Gasteiger partial charge in [-0.05, 0) is 18.2 Å². The van der Waals surface area contributed by atoms with Gasteiger partial charge in [-0.2, -0.15) is 0 Å². The predicted molar refractivity (Wildman–Crippen MR) is 81.7 cm³/mol. The molecular formula is C14H12ClF2NO4S. The molecule has 0 aliphatic heterocycles. The van der Waals surface area contributed by atoms with E-state index in [-0.39, 0.29) is 22.2 Å². The normalized spacial score (nSPS) is 11.2. The Hall–Kier alpha value is -2.06. The molecule has 2 rings (SSSR count). The van der Waals surface area contributed by atoms with E-state index in [9.17, 15) is 17.2 Å². The van der Waals surface area contributed by atoms with Crippen molar-refractivity contribution in [3.8, 4) is 11.5 Å². The van der Waals surface area contributed by atoms with Crippen molar-refractivity contribution in [2.75, 3.05) is 18.9 Å². The first-order chi connectivity index (χ1) is 10.8. The minimum atomic E-state index is -4.30. The van der Waals surface area contributed by atoms with Crippen LogP contribution in [-0.4, -0.2) is 22.6 Å². The first-order valence-electron chi connectivity index (χ1n) is 6.18. The maximum Gasteiger partial charge on any atom is 0.264 e. The zero-order chi connectivity index (χ0) is 17.2. The lowest BCUT2D eigenvalue weighted by molar-refractivity contribution is 0.396. The number of halogens is 3. The van der Waals surface area contributed by atoms with Crippen molar-refractivity contribution in [3.63, 3.8) is 0 Å². The van der Waals surface area contributed by atoms with Crippen molar-refractivity contribution in [1.82, 2.24) is 0 Å². The molecule has 0 bridgehead atoms. The first-order valence-corrected chi connectivity index (χ1v) is 8.04. The maximum atomic E-state index is 13.7. The Morgan fingerprint density at radius 1 is 1.04 bits per heavy atom. The van der Waals surface area contributed by atoms with Crippen molar-refractivity contribution in [3.05, 3.63) is 47.0 Å². The van der Waals surface area contributed by atoms with Crippen molar-refractivity contribution in [1.29, 1.82) is 0 Å². The van der Waals surface area contributed by atoms with E-state index in [0.717, 1.165) is 12.1 Å². The van der Waals surface area contributed by atoms with E-state index in [1.165, 1.54) is 26.4 Å². The number of sulfonamides is 1. The van der Waals surface area contributed by atoms with E-state index in [1.807, 2.05) is 0 Å². The van der Waals surface area contributed by atoms with Crippen LogP contribution in [0.2, 0.25) is 5.02 Å². The number of hydrogen-bond donors (Lipinski definition) is 1. The molecule has 0 saturated heterocycles. The van der Waals surface area contributed by atoms with Crippen LogP contribution in [0.15, 0.2) is 35.2 Å². The molecule has 0 unspecified atom stereocenters. The topological polar surface area (TPSA) is 64.6 Å². The van der Waals surface area contributed by atoms with E-state index in [2.05, 4.69) is 4.72 Å². The number of hydrogen-bond acceptors (Lipinski definition) is 4. The van der Waals surface area contributed by atoms with Crippen LogP contribution in [0, 0.1) is 11.6 Å². The summed E-state index contributed by atoms with van der Waals surface area (Å²) in [5.74, 6) is -1.70. The van der Waals surface area contributed by atoms with Gasteiger partial charge < -0.3 is 9.47 Å². The van der Waals surface area contributed by atoms with E-state index in [0.29, 0.717) is 6.07 Å². The number of rotatable bonds is 5. The summed E-state index contributed by atoms with van der Waals surface area (Å²) in [5.41, 5.74) is -0.0120. The molecule has 0 radical (unpaired) electrons. The standard InChI is InChI=1S/C14H12ClF2NO4S/c1-21-12-7-13(22-2)11(6-9(12)15)18-23(19,20)14-4-3-8(16)5-10(14)17/h3-7,18H,1-2H3.